The van der Waals surface area contributed by atoms with Crippen LogP contribution in [0.5, 0.6) is 0 Å². The van der Waals surface area contributed by atoms with Crippen LogP contribution < -0.4 is 5.32 Å². The third-order valence-electron chi connectivity index (χ3n) is 3.81. The molecule has 1 aliphatic rings. The topological polar surface area (TPSA) is 49.4 Å². The van der Waals surface area contributed by atoms with Crippen LogP contribution in [0.4, 0.5) is 0 Å². The minimum atomic E-state index is -3.38. The van der Waals surface area contributed by atoms with Crippen LogP contribution >= 0.6 is 0 Å². The van der Waals surface area contributed by atoms with Gasteiger partial charge in [0.05, 0.1) is 4.90 Å². The summed E-state index contributed by atoms with van der Waals surface area (Å²) in [7, 11) is -1.67. The van der Waals surface area contributed by atoms with E-state index in [1.807, 2.05) is 19.1 Å². The van der Waals surface area contributed by atoms with Gasteiger partial charge < -0.3 is 5.32 Å². The fourth-order valence-corrected chi connectivity index (χ4v) is 4.20. The van der Waals surface area contributed by atoms with Crippen molar-refractivity contribution in [1.29, 1.82) is 0 Å². The third-order valence-corrected chi connectivity index (χ3v) is 5.88. The van der Waals surface area contributed by atoms with Crippen molar-refractivity contribution in [2.45, 2.75) is 37.1 Å². The van der Waals surface area contributed by atoms with Crippen molar-refractivity contribution in [1.82, 2.24) is 9.62 Å². The molecule has 2 rings (SSSR count). The Morgan fingerprint density at radius 1 is 1.21 bits per heavy atom. The fraction of sp³-hybridized carbons (Fsp3) is 0.571. The molecule has 0 bridgehead atoms. The molecule has 1 heterocycles. The van der Waals surface area contributed by atoms with Gasteiger partial charge in [0.2, 0.25) is 10.0 Å². The summed E-state index contributed by atoms with van der Waals surface area (Å²) in [4.78, 5) is 0.426. The van der Waals surface area contributed by atoms with Crippen LogP contribution in [0.2, 0.25) is 0 Å². The van der Waals surface area contributed by atoms with Crippen molar-refractivity contribution in [2.75, 3.05) is 20.1 Å². The zero-order valence-corrected chi connectivity index (χ0v) is 12.4. The first-order valence-corrected chi connectivity index (χ1v) is 8.22. The Hall–Kier alpha value is -0.910. The van der Waals surface area contributed by atoms with E-state index in [1.54, 1.807) is 23.5 Å². The molecule has 1 aliphatic heterocycles. The third kappa shape index (κ3) is 3.16. The van der Waals surface area contributed by atoms with E-state index in [9.17, 15) is 8.42 Å². The van der Waals surface area contributed by atoms with E-state index in [0.29, 0.717) is 4.90 Å². The molecule has 1 aromatic carbocycles. The van der Waals surface area contributed by atoms with E-state index >= 15 is 0 Å². The van der Waals surface area contributed by atoms with Gasteiger partial charge in [0.1, 0.15) is 0 Å². The van der Waals surface area contributed by atoms with Gasteiger partial charge in [-0.25, -0.2) is 8.42 Å². The maximum Gasteiger partial charge on any atom is 0.243 e. The number of nitrogens with zero attached hydrogens (tertiary/aromatic N) is 1. The zero-order valence-electron chi connectivity index (χ0n) is 11.6. The van der Waals surface area contributed by atoms with E-state index < -0.39 is 10.0 Å². The van der Waals surface area contributed by atoms with Crippen LogP contribution in [0.1, 0.15) is 24.8 Å². The number of rotatable bonds is 3. The van der Waals surface area contributed by atoms with Crippen molar-refractivity contribution in [2.24, 2.45) is 0 Å². The number of aryl methyl sites for hydroxylation is 1. The summed E-state index contributed by atoms with van der Waals surface area (Å²) in [5.74, 6) is 0. The molecular formula is C14H22N2O2S. The van der Waals surface area contributed by atoms with E-state index in [2.05, 4.69) is 5.32 Å². The molecule has 4 nitrogen and oxygen atoms in total. The summed E-state index contributed by atoms with van der Waals surface area (Å²) in [6.45, 7) is 3.71. The molecule has 0 amide bonds. The van der Waals surface area contributed by atoms with Gasteiger partial charge >= 0.3 is 0 Å². The molecule has 0 aromatic heterocycles. The average Bonchev–Trinajstić information content (AvgIpc) is 2.67. The molecule has 5 heteroatoms. The monoisotopic (exact) mass is 282 g/mol. The second-order valence-corrected chi connectivity index (χ2v) is 7.09. The number of benzene rings is 1. The van der Waals surface area contributed by atoms with Gasteiger partial charge in [-0.15, -0.1) is 0 Å². The Bertz CT molecular complexity index is 520. The molecule has 0 spiro atoms. The summed E-state index contributed by atoms with van der Waals surface area (Å²) in [6, 6.07) is 7.28. The van der Waals surface area contributed by atoms with E-state index in [0.717, 1.165) is 37.9 Å². The van der Waals surface area contributed by atoms with Crippen molar-refractivity contribution < 1.29 is 8.42 Å². The molecular weight excluding hydrogens is 260 g/mol. The summed E-state index contributed by atoms with van der Waals surface area (Å²) in [5, 5.41) is 3.31. The SMILES string of the molecule is Cc1ccccc1S(=O)(=O)N(C)C1CCCNCC1. The number of hydrogen-bond acceptors (Lipinski definition) is 3. The first-order valence-electron chi connectivity index (χ1n) is 6.78. The molecule has 0 saturated carbocycles. The van der Waals surface area contributed by atoms with Crippen LogP contribution in [0.25, 0.3) is 0 Å². The molecule has 1 unspecified atom stereocenters. The van der Waals surface area contributed by atoms with Gasteiger partial charge in [-0.2, -0.15) is 4.31 Å². The minimum absolute atomic E-state index is 0.0969. The highest BCUT2D eigenvalue weighted by Crippen LogP contribution is 2.23. The predicted molar refractivity (Wildman–Crippen MR) is 76.6 cm³/mol. The standard InChI is InChI=1S/C14H22N2O2S/c1-12-6-3-4-8-14(12)19(17,18)16(2)13-7-5-10-15-11-9-13/h3-4,6,8,13,15H,5,7,9-11H2,1-2H3. The van der Waals surface area contributed by atoms with Gasteiger partial charge in [0.15, 0.2) is 0 Å². The molecule has 1 saturated heterocycles. The maximum absolute atomic E-state index is 12.7. The normalized spacial score (nSPS) is 21.3. The molecule has 1 aromatic rings. The smallest absolute Gasteiger partial charge is 0.243 e. The molecule has 106 valence electrons. The number of nitrogens with one attached hydrogen (secondary N) is 1. The van der Waals surface area contributed by atoms with Crippen molar-refractivity contribution >= 4 is 10.0 Å². The Labute approximate surface area is 115 Å². The summed E-state index contributed by atoms with van der Waals surface area (Å²) >= 11 is 0. The second-order valence-electron chi connectivity index (χ2n) is 5.12. The molecule has 1 N–H and O–H groups in total. The van der Waals surface area contributed by atoms with E-state index in [1.165, 1.54) is 0 Å². The molecule has 1 fully saturated rings. The largest absolute Gasteiger partial charge is 0.317 e. The first-order chi connectivity index (χ1) is 9.03. The number of hydrogen-bond donors (Lipinski definition) is 1. The lowest BCUT2D eigenvalue weighted by atomic mass is 10.1. The van der Waals surface area contributed by atoms with Gasteiger partial charge in [-0.05, 0) is 50.9 Å². The van der Waals surface area contributed by atoms with Gasteiger partial charge in [0, 0.05) is 13.1 Å². The van der Waals surface area contributed by atoms with Crippen molar-refractivity contribution in [3.63, 3.8) is 0 Å². The highest BCUT2D eigenvalue weighted by atomic mass is 32.2. The lowest BCUT2D eigenvalue weighted by molar-refractivity contribution is 0.341. The highest BCUT2D eigenvalue weighted by molar-refractivity contribution is 7.89. The highest BCUT2D eigenvalue weighted by Gasteiger charge is 2.29. The Balaban J connectivity index is 2.26. The van der Waals surface area contributed by atoms with Crippen LogP contribution in [0, 0.1) is 6.92 Å². The summed E-state index contributed by atoms with van der Waals surface area (Å²) < 4.78 is 26.9. The van der Waals surface area contributed by atoms with Crippen molar-refractivity contribution in [3.05, 3.63) is 29.8 Å². The second kappa shape index (κ2) is 6.03. The van der Waals surface area contributed by atoms with Gasteiger partial charge in [0.25, 0.3) is 0 Å². The van der Waals surface area contributed by atoms with Gasteiger partial charge in [-0.1, -0.05) is 18.2 Å². The Morgan fingerprint density at radius 3 is 2.68 bits per heavy atom. The minimum Gasteiger partial charge on any atom is -0.317 e. The average molecular weight is 282 g/mol. The Kier molecular flexibility index (Phi) is 4.60. The zero-order chi connectivity index (χ0) is 13.9. The molecule has 0 radical (unpaired) electrons. The predicted octanol–water partition coefficient (Wildman–Crippen LogP) is 1.76. The maximum atomic E-state index is 12.7. The van der Waals surface area contributed by atoms with Crippen LogP contribution in [0.15, 0.2) is 29.2 Å². The lowest BCUT2D eigenvalue weighted by Gasteiger charge is -2.26. The Morgan fingerprint density at radius 2 is 1.95 bits per heavy atom. The van der Waals surface area contributed by atoms with E-state index in [4.69, 9.17) is 0 Å². The van der Waals surface area contributed by atoms with Crippen LogP contribution in [-0.2, 0) is 10.0 Å². The fourth-order valence-electron chi connectivity index (χ4n) is 2.56. The van der Waals surface area contributed by atoms with Crippen LogP contribution in [0.3, 0.4) is 0 Å². The molecule has 19 heavy (non-hydrogen) atoms. The number of sulfonamides is 1. The molecule has 1 atom stereocenters. The van der Waals surface area contributed by atoms with Crippen LogP contribution in [-0.4, -0.2) is 38.9 Å². The van der Waals surface area contributed by atoms with E-state index in [-0.39, 0.29) is 6.04 Å². The van der Waals surface area contributed by atoms with Crippen molar-refractivity contribution in [3.8, 4) is 0 Å². The summed E-state index contributed by atoms with van der Waals surface area (Å²) in [6.07, 6.45) is 2.83. The quantitative estimate of drug-likeness (QED) is 0.919. The molecule has 0 aliphatic carbocycles. The summed E-state index contributed by atoms with van der Waals surface area (Å²) in [5.41, 5.74) is 0.807. The first kappa shape index (κ1) is 14.5. The lowest BCUT2D eigenvalue weighted by Crippen LogP contribution is -2.37. The van der Waals surface area contributed by atoms with Gasteiger partial charge in [-0.3, -0.25) is 0 Å².